The fourth-order valence-electron chi connectivity index (χ4n) is 1.31. The Morgan fingerprint density at radius 2 is 2.07 bits per heavy atom. The van der Waals surface area contributed by atoms with Gasteiger partial charge in [-0.25, -0.2) is 0 Å². The van der Waals surface area contributed by atoms with Gasteiger partial charge in [0.25, 0.3) is 5.56 Å². The predicted octanol–water partition coefficient (Wildman–Crippen LogP) is 0.494. The lowest BCUT2D eigenvalue weighted by Gasteiger charge is -2.05. The van der Waals surface area contributed by atoms with Crippen molar-refractivity contribution >= 4 is 0 Å². The highest BCUT2D eigenvalue weighted by Crippen LogP contribution is 2.29. The van der Waals surface area contributed by atoms with E-state index in [0.717, 1.165) is 4.68 Å². The Labute approximate surface area is 84.1 Å². The number of halogens is 3. The van der Waals surface area contributed by atoms with Crippen molar-refractivity contribution in [1.82, 2.24) is 15.1 Å². The van der Waals surface area contributed by atoms with E-state index in [1.165, 1.54) is 7.05 Å². The second-order valence-corrected chi connectivity index (χ2v) is 3.18. The first kappa shape index (κ1) is 11.8. The first-order valence-electron chi connectivity index (χ1n) is 4.37. The van der Waals surface area contributed by atoms with Gasteiger partial charge in [0.05, 0.1) is 5.56 Å². The highest BCUT2D eigenvalue weighted by molar-refractivity contribution is 5.20. The molecule has 0 aliphatic carbocycles. The minimum absolute atomic E-state index is 0.0571. The lowest BCUT2D eigenvalue weighted by atomic mass is 10.2. The second-order valence-electron chi connectivity index (χ2n) is 3.18. The number of hydrogen-bond donors (Lipinski definition) is 2. The van der Waals surface area contributed by atoms with Crippen molar-refractivity contribution in [2.24, 2.45) is 7.05 Å². The number of aryl methyl sites for hydroxylation is 1. The van der Waals surface area contributed by atoms with E-state index in [2.05, 4.69) is 5.32 Å². The van der Waals surface area contributed by atoms with Crippen LogP contribution < -0.4 is 10.9 Å². The number of rotatable bonds is 3. The molecule has 0 unspecified atom stereocenters. The molecule has 0 saturated carbocycles. The highest BCUT2D eigenvalue weighted by atomic mass is 19.4. The van der Waals surface area contributed by atoms with Crippen molar-refractivity contribution in [1.29, 1.82) is 0 Å². The smallest absolute Gasteiger partial charge is 0.319 e. The van der Waals surface area contributed by atoms with E-state index in [4.69, 9.17) is 0 Å². The van der Waals surface area contributed by atoms with E-state index in [-0.39, 0.29) is 12.0 Å². The van der Waals surface area contributed by atoms with Crippen LogP contribution in [0.15, 0.2) is 4.79 Å². The maximum Gasteiger partial charge on any atom is 0.433 e. The van der Waals surface area contributed by atoms with Crippen LogP contribution in [-0.2, 0) is 19.6 Å². The fraction of sp³-hybridized carbons (Fsp3) is 0.625. The van der Waals surface area contributed by atoms with Gasteiger partial charge < -0.3 is 5.32 Å². The molecule has 1 aromatic heterocycles. The molecule has 0 fully saturated rings. The molecule has 1 aromatic rings. The number of H-pyrrole nitrogens is 1. The topological polar surface area (TPSA) is 49.8 Å². The van der Waals surface area contributed by atoms with Crippen LogP contribution in [0, 0.1) is 0 Å². The van der Waals surface area contributed by atoms with Crippen LogP contribution in [0.4, 0.5) is 13.2 Å². The lowest BCUT2D eigenvalue weighted by molar-refractivity contribution is -0.142. The summed E-state index contributed by atoms with van der Waals surface area (Å²) in [5.41, 5.74) is -1.80. The van der Waals surface area contributed by atoms with E-state index in [0.29, 0.717) is 6.54 Å². The molecule has 0 bridgehead atoms. The van der Waals surface area contributed by atoms with Gasteiger partial charge in [-0.15, -0.1) is 0 Å². The largest absolute Gasteiger partial charge is 0.433 e. The molecule has 0 aliphatic heterocycles. The molecule has 2 N–H and O–H groups in total. The number of alkyl halides is 3. The van der Waals surface area contributed by atoms with Crippen LogP contribution >= 0.6 is 0 Å². The molecule has 0 atom stereocenters. The average molecular weight is 223 g/mol. The molecule has 1 rings (SSSR count). The molecule has 1 heterocycles. The molecule has 0 radical (unpaired) electrons. The molecule has 0 saturated heterocycles. The van der Waals surface area contributed by atoms with E-state index in [1.807, 2.05) is 5.10 Å². The van der Waals surface area contributed by atoms with Crippen LogP contribution in [0.25, 0.3) is 0 Å². The van der Waals surface area contributed by atoms with Gasteiger partial charge >= 0.3 is 6.18 Å². The first-order valence-corrected chi connectivity index (χ1v) is 4.37. The number of nitrogens with one attached hydrogen (secondary N) is 2. The molecule has 15 heavy (non-hydrogen) atoms. The van der Waals surface area contributed by atoms with Crippen LogP contribution in [0.3, 0.4) is 0 Å². The first-order chi connectivity index (χ1) is 6.88. The molecule has 0 spiro atoms. The number of hydrogen-bond acceptors (Lipinski definition) is 2. The summed E-state index contributed by atoms with van der Waals surface area (Å²) >= 11 is 0. The maximum atomic E-state index is 12.5. The predicted molar refractivity (Wildman–Crippen MR) is 48.7 cm³/mol. The molecule has 86 valence electrons. The van der Waals surface area contributed by atoms with Crippen LogP contribution in [0.1, 0.15) is 11.3 Å². The number of likely N-dealkylation sites (N-methyl/N-ethyl adjacent to an activating group) is 1. The van der Waals surface area contributed by atoms with Gasteiger partial charge in [0, 0.05) is 7.05 Å². The van der Waals surface area contributed by atoms with E-state index < -0.39 is 17.4 Å². The van der Waals surface area contributed by atoms with Gasteiger partial charge in [-0.2, -0.15) is 13.2 Å². The molecule has 0 aromatic carbocycles. The average Bonchev–Trinajstić information content (AvgIpc) is 2.40. The Morgan fingerprint density at radius 1 is 1.47 bits per heavy atom. The Morgan fingerprint density at radius 3 is 2.53 bits per heavy atom. The normalized spacial score (nSPS) is 12.1. The Hall–Kier alpha value is -1.24. The minimum atomic E-state index is -4.51. The third-order valence-corrected chi connectivity index (χ3v) is 2.05. The minimum Gasteiger partial charge on any atom is -0.319 e. The maximum absolute atomic E-state index is 12.5. The summed E-state index contributed by atoms with van der Waals surface area (Å²) in [6, 6.07) is 0. The molecule has 4 nitrogen and oxygen atoms in total. The highest BCUT2D eigenvalue weighted by Gasteiger charge is 2.37. The Bertz CT molecular complexity index is 391. The van der Waals surface area contributed by atoms with Crippen LogP contribution in [0.2, 0.25) is 0 Å². The van der Waals surface area contributed by atoms with E-state index in [1.54, 1.807) is 7.05 Å². The Kier molecular flexibility index (Phi) is 3.23. The molecule has 0 aliphatic rings. The summed E-state index contributed by atoms with van der Waals surface area (Å²) in [7, 11) is 2.88. The summed E-state index contributed by atoms with van der Waals surface area (Å²) in [4.78, 5) is 11.3. The third-order valence-electron chi connectivity index (χ3n) is 2.05. The van der Waals surface area contributed by atoms with Gasteiger partial charge in [-0.05, 0) is 20.0 Å². The third kappa shape index (κ3) is 2.41. The standard InChI is InChI=1S/C8H12F3N3O/c1-12-4-3-5-6(8(9,10)11)13-14(2)7(5)15/h12-13H,3-4H2,1-2H3. The van der Waals surface area contributed by atoms with Gasteiger partial charge in [-0.1, -0.05) is 0 Å². The van der Waals surface area contributed by atoms with Crippen LogP contribution in [-0.4, -0.2) is 23.4 Å². The summed E-state index contributed by atoms with van der Waals surface area (Å²) in [6.07, 6.45) is -4.45. The van der Waals surface area contributed by atoms with Crippen molar-refractivity contribution in [2.75, 3.05) is 13.6 Å². The summed E-state index contributed by atoms with van der Waals surface area (Å²) in [5, 5.41) is 4.72. The van der Waals surface area contributed by atoms with Crippen molar-refractivity contribution in [2.45, 2.75) is 12.6 Å². The molecular formula is C8H12F3N3O. The zero-order valence-electron chi connectivity index (χ0n) is 8.40. The zero-order valence-corrected chi connectivity index (χ0v) is 8.40. The molecule has 0 amide bonds. The summed E-state index contributed by atoms with van der Waals surface area (Å²) in [5.74, 6) is 0. The number of nitrogens with zero attached hydrogens (tertiary/aromatic N) is 1. The Balaban J connectivity index is 3.16. The quantitative estimate of drug-likeness (QED) is 0.783. The summed E-state index contributed by atoms with van der Waals surface area (Å²) < 4.78 is 38.2. The van der Waals surface area contributed by atoms with Crippen molar-refractivity contribution in [3.63, 3.8) is 0 Å². The second kappa shape index (κ2) is 4.09. The monoisotopic (exact) mass is 223 g/mol. The number of aromatic nitrogens is 2. The molecule has 7 heteroatoms. The van der Waals surface area contributed by atoms with Crippen LogP contribution in [0.5, 0.6) is 0 Å². The van der Waals surface area contributed by atoms with Crippen molar-refractivity contribution < 1.29 is 13.2 Å². The fourth-order valence-corrected chi connectivity index (χ4v) is 1.31. The van der Waals surface area contributed by atoms with Crippen molar-refractivity contribution in [3.05, 3.63) is 21.6 Å². The van der Waals surface area contributed by atoms with Gasteiger partial charge in [0.15, 0.2) is 0 Å². The number of aromatic amines is 1. The van der Waals surface area contributed by atoms with Crippen molar-refractivity contribution in [3.8, 4) is 0 Å². The SMILES string of the molecule is CNCCc1c(C(F)(F)F)[nH]n(C)c1=O. The molecular weight excluding hydrogens is 211 g/mol. The van der Waals surface area contributed by atoms with E-state index >= 15 is 0 Å². The van der Waals surface area contributed by atoms with Gasteiger partial charge in [0.2, 0.25) is 0 Å². The summed E-state index contributed by atoms with van der Waals surface area (Å²) in [6.45, 7) is 0.330. The zero-order chi connectivity index (χ0) is 11.6. The van der Waals surface area contributed by atoms with E-state index in [9.17, 15) is 18.0 Å². The van der Waals surface area contributed by atoms with Gasteiger partial charge in [0.1, 0.15) is 5.69 Å². The van der Waals surface area contributed by atoms with Gasteiger partial charge in [-0.3, -0.25) is 14.6 Å². The lowest BCUT2D eigenvalue weighted by Crippen LogP contribution is -2.20.